The van der Waals surface area contributed by atoms with Gasteiger partial charge < -0.3 is 29.7 Å². The predicted molar refractivity (Wildman–Crippen MR) is 155 cm³/mol. The SMILES string of the molecule is COC(=O)c1ccc(OCC2CSCN2C(=O)Cc2ccc(NC(=O)Nc3ccccc3Br)c(OC)c2)cc1. The second-order valence-corrected chi connectivity index (χ2v) is 10.5. The fraction of sp³-hybridized carbons (Fsp3) is 0.250. The quantitative estimate of drug-likeness (QED) is 0.311. The fourth-order valence-electron chi connectivity index (χ4n) is 3.96. The van der Waals surface area contributed by atoms with Gasteiger partial charge in [0, 0.05) is 10.2 Å². The lowest BCUT2D eigenvalue weighted by Crippen LogP contribution is -2.41. The van der Waals surface area contributed by atoms with Gasteiger partial charge in [0.25, 0.3) is 0 Å². The maximum absolute atomic E-state index is 13.2. The Morgan fingerprint density at radius 3 is 2.46 bits per heavy atom. The van der Waals surface area contributed by atoms with E-state index in [1.807, 2.05) is 23.1 Å². The Balaban J connectivity index is 1.34. The number of esters is 1. The molecule has 39 heavy (non-hydrogen) atoms. The summed E-state index contributed by atoms with van der Waals surface area (Å²) in [4.78, 5) is 39.1. The van der Waals surface area contributed by atoms with Gasteiger partial charge in [-0.25, -0.2) is 9.59 Å². The van der Waals surface area contributed by atoms with Gasteiger partial charge in [0.15, 0.2) is 0 Å². The van der Waals surface area contributed by atoms with E-state index in [0.29, 0.717) is 40.9 Å². The zero-order valence-corrected chi connectivity index (χ0v) is 23.8. The molecule has 3 amide bonds. The smallest absolute Gasteiger partial charge is 0.337 e. The summed E-state index contributed by atoms with van der Waals surface area (Å²) in [5.41, 5.74) is 2.33. The second kappa shape index (κ2) is 13.4. The maximum atomic E-state index is 13.2. The summed E-state index contributed by atoms with van der Waals surface area (Å²) in [5, 5.41) is 5.57. The molecule has 1 aliphatic rings. The van der Waals surface area contributed by atoms with Gasteiger partial charge in [0.2, 0.25) is 5.91 Å². The standard InChI is InChI=1S/C28H28BrN3O6S/c1-36-25-13-18(7-12-24(25)31-28(35)30-23-6-4-3-5-22(23)29)14-26(33)32-17-39-16-20(32)15-38-21-10-8-19(9-11-21)27(34)37-2/h3-13,20H,14-17H2,1-2H3,(H2,30,31,35). The van der Waals surface area contributed by atoms with Gasteiger partial charge in [-0.3, -0.25) is 4.79 Å². The maximum Gasteiger partial charge on any atom is 0.337 e. The van der Waals surface area contributed by atoms with E-state index in [1.165, 1.54) is 14.2 Å². The first kappa shape index (κ1) is 28.3. The molecule has 1 unspecified atom stereocenters. The van der Waals surface area contributed by atoms with E-state index in [2.05, 4.69) is 26.6 Å². The molecule has 1 aliphatic heterocycles. The zero-order chi connectivity index (χ0) is 27.8. The number of nitrogens with one attached hydrogen (secondary N) is 2. The van der Waals surface area contributed by atoms with Crippen molar-refractivity contribution in [3.63, 3.8) is 0 Å². The Bertz CT molecular complexity index is 1340. The summed E-state index contributed by atoms with van der Waals surface area (Å²) in [6.07, 6.45) is 0.185. The molecule has 1 saturated heterocycles. The number of halogens is 1. The highest BCUT2D eigenvalue weighted by molar-refractivity contribution is 9.10. The lowest BCUT2D eigenvalue weighted by Gasteiger charge is -2.24. The first-order valence-corrected chi connectivity index (χ1v) is 14.0. The minimum absolute atomic E-state index is 0.0240. The van der Waals surface area contributed by atoms with Crippen LogP contribution in [-0.4, -0.2) is 61.3 Å². The minimum atomic E-state index is -0.416. The number of carbonyl (C=O) groups is 3. The van der Waals surface area contributed by atoms with Crippen molar-refractivity contribution in [2.45, 2.75) is 12.5 Å². The number of hydrogen-bond donors (Lipinski definition) is 2. The topological polar surface area (TPSA) is 106 Å². The van der Waals surface area contributed by atoms with E-state index in [9.17, 15) is 14.4 Å². The molecule has 0 aliphatic carbocycles. The first-order chi connectivity index (χ1) is 18.9. The number of hydrogen-bond acceptors (Lipinski definition) is 7. The van der Waals surface area contributed by atoms with Crippen LogP contribution in [0.2, 0.25) is 0 Å². The van der Waals surface area contributed by atoms with E-state index in [0.717, 1.165) is 15.8 Å². The highest BCUT2D eigenvalue weighted by atomic mass is 79.9. The van der Waals surface area contributed by atoms with Crippen LogP contribution in [0.1, 0.15) is 15.9 Å². The van der Waals surface area contributed by atoms with Gasteiger partial charge in [0.05, 0.1) is 49.5 Å². The van der Waals surface area contributed by atoms with Gasteiger partial charge in [0.1, 0.15) is 18.1 Å². The van der Waals surface area contributed by atoms with Gasteiger partial charge in [-0.05, 0) is 70.0 Å². The minimum Gasteiger partial charge on any atom is -0.495 e. The lowest BCUT2D eigenvalue weighted by molar-refractivity contribution is -0.131. The van der Waals surface area contributed by atoms with Crippen LogP contribution in [-0.2, 0) is 16.0 Å². The number of rotatable bonds is 9. The summed E-state index contributed by atoms with van der Waals surface area (Å²) >= 11 is 5.08. The fourth-order valence-corrected chi connectivity index (χ4v) is 5.55. The number of ether oxygens (including phenoxy) is 3. The molecule has 1 fully saturated rings. The Morgan fingerprint density at radius 2 is 1.74 bits per heavy atom. The number of benzene rings is 3. The highest BCUT2D eigenvalue weighted by Gasteiger charge is 2.30. The number of thioether (sulfide) groups is 1. The molecule has 0 aromatic heterocycles. The normalized spacial score (nSPS) is 14.4. The van der Waals surface area contributed by atoms with Crippen LogP contribution in [0, 0.1) is 0 Å². The summed E-state index contributed by atoms with van der Waals surface area (Å²) in [6, 6.07) is 18.8. The molecule has 2 N–H and O–H groups in total. The summed E-state index contributed by atoms with van der Waals surface area (Å²) in [6.45, 7) is 0.342. The zero-order valence-electron chi connectivity index (χ0n) is 21.4. The molecule has 1 atom stereocenters. The van der Waals surface area contributed by atoms with Crippen molar-refractivity contribution < 1.29 is 28.6 Å². The van der Waals surface area contributed by atoms with Crippen molar-refractivity contribution in [1.82, 2.24) is 4.90 Å². The lowest BCUT2D eigenvalue weighted by atomic mass is 10.1. The van der Waals surface area contributed by atoms with Crippen molar-refractivity contribution in [3.05, 3.63) is 82.3 Å². The van der Waals surface area contributed by atoms with Crippen LogP contribution in [0.4, 0.5) is 16.2 Å². The average molecular weight is 615 g/mol. The van der Waals surface area contributed by atoms with Gasteiger partial charge in [-0.2, -0.15) is 0 Å². The van der Waals surface area contributed by atoms with Crippen LogP contribution in [0.5, 0.6) is 11.5 Å². The van der Waals surface area contributed by atoms with E-state index in [1.54, 1.807) is 60.3 Å². The number of para-hydroxylation sites is 1. The number of anilines is 2. The number of urea groups is 1. The number of methoxy groups -OCH3 is 2. The predicted octanol–water partition coefficient (Wildman–Crippen LogP) is 5.41. The molecule has 1 heterocycles. The molecule has 0 radical (unpaired) electrons. The Labute approximate surface area is 239 Å². The van der Waals surface area contributed by atoms with Crippen LogP contribution >= 0.6 is 27.7 Å². The van der Waals surface area contributed by atoms with Gasteiger partial charge >= 0.3 is 12.0 Å². The van der Waals surface area contributed by atoms with Crippen LogP contribution in [0.25, 0.3) is 0 Å². The number of carbonyl (C=O) groups excluding carboxylic acids is 3. The van der Waals surface area contributed by atoms with E-state index < -0.39 is 12.0 Å². The summed E-state index contributed by atoms with van der Waals surface area (Å²) < 4.78 is 16.9. The Hall–Kier alpha value is -3.70. The molecule has 0 bridgehead atoms. The van der Waals surface area contributed by atoms with E-state index >= 15 is 0 Å². The van der Waals surface area contributed by atoms with Crippen molar-refractivity contribution in [2.75, 3.05) is 43.1 Å². The van der Waals surface area contributed by atoms with Gasteiger partial charge in [-0.15, -0.1) is 11.8 Å². The summed E-state index contributed by atoms with van der Waals surface area (Å²) in [7, 11) is 2.85. The van der Waals surface area contributed by atoms with Crippen molar-refractivity contribution >= 4 is 57.0 Å². The molecule has 3 aromatic carbocycles. The molecule has 204 valence electrons. The molecule has 9 nitrogen and oxygen atoms in total. The Kier molecular flexibility index (Phi) is 9.72. The monoisotopic (exact) mass is 613 g/mol. The molecule has 11 heteroatoms. The van der Waals surface area contributed by atoms with Gasteiger partial charge in [-0.1, -0.05) is 18.2 Å². The third-order valence-corrected chi connectivity index (χ3v) is 7.78. The van der Waals surface area contributed by atoms with Crippen molar-refractivity contribution in [1.29, 1.82) is 0 Å². The van der Waals surface area contributed by atoms with Crippen molar-refractivity contribution in [2.24, 2.45) is 0 Å². The third-order valence-electron chi connectivity index (χ3n) is 6.01. The van der Waals surface area contributed by atoms with E-state index in [4.69, 9.17) is 14.2 Å². The summed E-state index contributed by atoms with van der Waals surface area (Å²) in [5.74, 6) is 1.99. The average Bonchev–Trinajstić information content (AvgIpc) is 3.43. The number of nitrogens with zero attached hydrogens (tertiary/aromatic N) is 1. The largest absolute Gasteiger partial charge is 0.495 e. The molecular weight excluding hydrogens is 586 g/mol. The third kappa shape index (κ3) is 7.45. The van der Waals surface area contributed by atoms with E-state index in [-0.39, 0.29) is 18.4 Å². The Morgan fingerprint density at radius 1 is 1.00 bits per heavy atom. The molecule has 0 saturated carbocycles. The molecule has 4 rings (SSSR count). The van der Waals surface area contributed by atoms with Crippen LogP contribution in [0.3, 0.4) is 0 Å². The van der Waals surface area contributed by atoms with Crippen LogP contribution in [0.15, 0.2) is 71.2 Å². The molecular formula is C28H28BrN3O6S. The first-order valence-electron chi connectivity index (χ1n) is 12.1. The van der Waals surface area contributed by atoms with Crippen LogP contribution < -0.4 is 20.1 Å². The highest BCUT2D eigenvalue weighted by Crippen LogP contribution is 2.28. The molecule has 0 spiro atoms. The van der Waals surface area contributed by atoms with Crippen molar-refractivity contribution in [3.8, 4) is 11.5 Å². The second-order valence-electron chi connectivity index (χ2n) is 8.61. The number of amides is 3. The molecule has 3 aromatic rings.